The van der Waals surface area contributed by atoms with E-state index in [1.807, 2.05) is 0 Å². The second-order valence-electron chi connectivity index (χ2n) is 4.24. The third-order valence-corrected chi connectivity index (χ3v) is 2.65. The Labute approximate surface area is 114 Å². The van der Waals surface area contributed by atoms with Crippen LogP contribution in [0.2, 0.25) is 0 Å². The Bertz CT molecular complexity index is 699. The molecule has 0 unspecified atom stereocenters. The second-order valence-corrected chi connectivity index (χ2v) is 4.24. The largest absolute Gasteiger partial charge is 0.478 e. The zero-order chi connectivity index (χ0) is 14.7. The lowest BCUT2D eigenvalue weighted by Crippen LogP contribution is -1.95. The zero-order valence-electron chi connectivity index (χ0n) is 10.6. The number of carboxylic acids is 1. The summed E-state index contributed by atoms with van der Waals surface area (Å²) in [6.45, 7) is 1.59. The van der Waals surface area contributed by atoms with Crippen LogP contribution in [0.1, 0.15) is 27.0 Å². The first-order valence-corrected chi connectivity index (χ1v) is 5.78. The maximum absolute atomic E-state index is 13.6. The Balaban J connectivity index is 2.34. The van der Waals surface area contributed by atoms with Crippen LogP contribution >= 0.6 is 0 Å². The lowest BCUT2D eigenvalue weighted by atomic mass is 10.1. The van der Waals surface area contributed by atoms with Crippen LogP contribution in [0.5, 0.6) is 0 Å². The van der Waals surface area contributed by atoms with Gasteiger partial charge in [0.25, 0.3) is 0 Å². The molecule has 0 saturated carbocycles. The highest BCUT2D eigenvalue weighted by Gasteiger charge is 2.07. The molecule has 0 aliphatic heterocycles. The first-order chi connectivity index (χ1) is 9.47. The Morgan fingerprint density at radius 3 is 2.10 bits per heavy atom. The predicted molar refractivity (Wildman–Crippen MR) is 70.5 cm³/mol. The molecular formula is C16H10F2O2. The van der Waals surface area contributed by atoms with Gasteiger partial charge in [-0.3, -0.25) is 0 Å². The van der Waals surface area contributed by atoms with E-state index in [4.69, 9.17) is 5.11 Å². The van der Waals surface area contributed by atoms with Crippen LogP contribution in [-0.4, -0.2) is 11.1 Å². The van der Waals surface area contributed by atoms with Crippen molar-refractivity contribution in [3.63, 3.8) is 0 Å². The quantitative estimate of drug-likeness (QED) is 0.808. The summed E-state index contributed by atoms with van der Waals surface area (Å²) in [6.07, 6.45) is 0. The van der Waals surface area contributed by atoms with Gasteiger partial charge in [0.05, 0.1) is 11.1 Å². The van der Waals surface area contributed by atoms with Crippen molar-refractivity contribution < 1.29 is 18.7 Å². The Kier molecular flexibility index (Phi) is 3.81. The van der Waals surface area contributed by atoms with Crippen molar-refractivity contribution in [1.29, 1.82) is 0 Å². The molecule has 0 saturated heterocycles. The molecule has 0 aromatic heterocycles. The summed E-state index contributed by atoms with van der Waals surface area (Å²) >= 11 is 0. The Morgan fingerprint density at radius 2 is 1.60 bits per heavy atom. The Hall–Kier alpha value is -2.67. The molecule has 100 valence electrons. The highest BCUT2D eigenvalue weighted by Crippen LogP contribution is 2.14. The molecule has 0 fully saturated rings. The number of aryl methyl sites for hydroxylation is 1. The molecule has 2 nitrogen and oxygen atoms in total. The van der Waals surface area contributed by atoms with Crippen molar-refractivity contribution >= 4 is 5.97 Å². The molecule has 0 bridgehead atoms. The number of carbonyl (C=O) groups is 1. The fourth-order valence-electron chi connectivity index (χ4n) is 1.65. The third kappa shape index (κ3) is 3.01. The summed E-state index contributed by atoms with van der Waals surface area (Å²) in [5.74, 6) is 2.57. The van der Waals surface area contributed by atoms with E-state index in [0.717, 1.165) is 0 Å². The van der Waals surface area contributed by atoms with Crippen molar-refractivity contribution in [2.45, 2.75) is 6.92 Å². The van der Waals surface area contributed by atoms with E-state index in [-0.39, 0.29) is 11.1 Å². The number of hydrogen-bond acceptors (Lipinski definition) is 1. The fourth-order valence-corrected chi connectivity index (χ4v) is 1.65. The van der Waals surface area contributed by atoms with Crippen LogP contribution in [0, 0.1) is 30.4 Å². The van der Waals surface area contributed by atoms with E-state index in [1.165, 1.54) is 36.4 Å². The van der Waals surface area contributed by atoms with Crippen LogP contribution in [0.4, 0.5) is 8.78 Å². The second kappa shape index (κ2) is 5.54. The maximum Gasteiger partial charge on any atom is 0.335 e. The van der Waals surface area contributed by atoms with Gasteiger partial charge in [-0.25, -0.2) is 13.6 Å². The SMILES string of the molecule is Cc1cc(F)c(C#Cc2ccc(C(=O)O)cc2)c(F)c1. The first kappa shape index (κ1) is 13.8. The van der Waals surface area contributed by atoms with Crippen LogP contribution in [0.25, 0.3) is 0 Å². The van der Waals surface area contributed by atoms with Crippen molar-refractivity contribution in [2.75, 3.05) is 0 Å². The molecule has 0 aliphatic carbocycles. The Morgan fingerprint density at radius 1 is 1.05 bits per heavy atom. The van der Waals surface area contributed by atoms with Gasteiger partial charge in [0.15, 0.2) is 0 Å². The average Bonchev–Trinajstić information content (AvgIpc) is 2.38. The molecule has 4 heteroatoms. The van der Waals surface area contributed by atoms with Gasteiger partial charge in [0, 0.05) is 5.56 Å². The number of halogens is 2. The number of carboxylic acid groups (broad SMARTS) is 1. The summed E-state index contributed by atoms with van der Waals surface area (Å²) in [5, 5.41) is 8.75. The lowest BCUT2D eigenvalue weighted by Gasteiger charge is -1.99. The highest BCUT2D eigenvalue weighted by molar-refractivity contribution is 5.87. The monoisotopic (exact) mass is 272 g/mol. The van der Waals surface area contributed by atoms with E-state index >= 15 is 0 Å². The van der Waals surface area contributed by atoms with Crippen molar-refractivity contribution in [3.8, 4) is 11.8 Å². The zero-order valence-corrected chi connectivity index (χ0v) is 10.6. The van der Waals surface area contributed by atoms with Gasteiger partial charge in [0.2, 0.25) is 0 Å². The summed E-state index contributed by atoms with van der Waals surface area (Å²) in [4.78, 5) is 10.7. The molecule has 0 amide bonds. The number of hydrogen-bond donors (Lipinski definition) is 1. The smallest absolute Gasteiger partial charge is 0.335 e. The molecule has 2 rings (SSSR count). The third-order valence-electron chi connectivity index (χ3n) is 2.65. The van der Waals surface area contributed by atoms with Crippen LogP contribution in [0.3, 0.4) is 0 Å². The lowest BCUT2D eigenvalue weighted by molar-refractivity contribution is 0.0697. The van der Waals surface area contributed by atoms with Gasteiger partial charge in [-0.1, -0.05) is 11.8 Å². The molecule has 0 spiro atoms. The van der Waals surface area contributed by atoms with Crippen LogP contribution < -0.4 is 0 Å². The summed E-state index contributed by atoms with van der Waals surface area (Å²) in [5.41, 5.74) is 0.798. The summed E-state index contributed by atoms with van der Waals surface area (Å²) < 4.78 is 27.1. The van der Waals surface area contributed by atoms with Crippen LogP contribution in [0.15, 0.2) is 36.4 Å². The van der Waals surface area contributed by atoms with Gasteiger partial charge in [-0.2, -0.15) is 0 Å². The average molecular weight is 272 g/mol. The van der Waals surface area contributed by atoms with Gasteiger partial charge in [0.1, 0.15) is 11.6 Å². The van der Waals surface area contributed by atoms with E-state index in [2.05, 4.69) is 11.8 Å². The molecule has 0 heterocycles. The molecule has 0 radical (unpaired) electrons. The van der Waals surface area contributed by atoms with Gasteiger partial charge in [-0.05, 0) is 48.9 Å². The molecule has 20 heavy (non-hydrogen) atoms. The number of rotatable bonds is 1. The van der Waals surface area contributed by atoms with Crippen molar-refractivity contribution in [3.05, 3.63) is 70.3 Å². The minimum atomic E-state index is -1.04. The maximum atomic E-state index is 13.6. The molecular weight excluding hydrogens is 262 g/mol. The highest BCUT2D eigenvalue weighted by atomic mass is 19.1. The predicted octanol–water partition coefficient (Wildman–Crippen LogP) is 3.37. The van der Waals surface area contributed by atoms with Gasteiger partial charge < -0.3 is 5.11 Å². The molecule has 0 aliphatic rings. The van der Waals surface area contributed by atoms with E-state index in [9.17, 15) is 13.6 Å². The van der Waals surface area contributed by atoms with Crippen molar-refractivity contribution in [1.82, 2.24) is 0 Å². The van der Waals surface area contributed by atoms with Gasteiger partial charge in [-0.15, -0.1) is 0 Å². The molecule has 2 aromatic carbocycles. The summed E-state index contributed by atoms with van der Waals surface area (Å²) in [7, 11) is 0. The molecule has 0 atom stereocenters. The van der Waals surface area contributed by atoms with Crippen molar-refractivity contribution in [2.24, 2.45) is 0 Å². The number of aromatic carboxylic acids is 1. The van der Waals surface area contributed by atoms with E-state index < -0.39 is 17.6 Å². The number of benzene rings is 2. The van der Waals surface area contributed by atoms with E-state index in [0.29, 0.717) is 11.1 Å². The standard InChI is InChI=1S/C16H10F2O2/c1-10-8-14(17)13(15(18)9-10)7-4-11-2-5-12(6-3-11)16(19)20/h2-3,5-6,8-9H,1H3,(H,19,20). The summed E-state index contributed by atoms with van der Waals surface area (Å²) in [6, 6.07) is 8.16. The fraction of sp³-hybridized carbons (Fsp3) is 0.0625. The van der Waals surface area contributed by atoms with Gasteiger partial charge >= 0.3 is 5.97 Å². The normalized spacial score (nSPS) is 9.75. The van der Waals surface area contributed by atoms with Crippen LogP contribution in [-0.2, 0) is 0 Å². The topological polar surface area (TPSA) is 37.3 Å². The first-order valence-electron chi connectivity index (χ1n) is 5.78. The van der Waals surface area contributed by atoms with E-state index in [1.54, 1.807) is 6.92 Å². The molecule has 1 N–H and O–H groups in total. The minimum Gasteiger partial charge on any atom is -0.478 e. The molecule has 2 aromatic rings. The minimum absolute atomic E-state index is 0.128.